The van der Waals surface area contributed by atoms with Crippen LogP contribution in [0.25, 0.3) is 0 Å². The number of nitrogens with zero attached hydrogens (tertiary/aromatic N) is 3. The van der Waals surface area contributed by atoms with Crippen LogP contribution in [-0.2, 0) is 26.1 Å². The highest BCUT2D eigenvalue weighted by molar-refractivity contribution is 7.93. The van der Waals surface area contributed by atoms with Gasteiger partial charge in [-0.1, -0.05) is 0 Å². The molecule has 1 atom stereocenters. The Morgan fingerprint density at radius 2 is 1.95 bits per heavy atom. The number of sulfonamides is 1. The molecule has 1 aromatic heterocycles. The normalized spacial score (nSPS) is 15.8. The lowest BCUT2D eigenvalue weighted by Crippen LogP contribution is -2.44. The minimum absolute atomic E-state index is 0.0977. The number of ether oxygens (including phenoxy) is 3. The van der Waals surface area contributed by atoms with E-state index in [2.05, 4.69) is 19.9 Å². The number of carbonyl (C=O) groups excluding carboxylic acids is 1. The number of alkyl halides is 5. The molecular weight excluding hydrogens is 575 g/mol. The highest BCUT2D eigenvalue weighted by Crippen LogP contribution is 2.41. The first-order chi connectivity index (χ1) is 18.4. The van der Waals surface area contributed by atoms with E-state index in [0.29, 0.717) is 13.8 Å². The van der Waals surface area contributed by atoms with E-state index >= 15 is 0 Å². The van der Waals surface area contributed by atoms with Crippen molar-refractivity contribution in [3.05, 3.63) is 24.4 Å². The van der Waals surface area contributed by atoms with Crippen LogP contribution in [0.15, 0.2) is 29.3 Å². The first-order valence-corrected chi connectivity index (χ1v) is 13.0. The van der Waals surface area contributed by atoms with Crippen molar-refractivity contribution in [1.82, 2.24) is 9.78 Å². The van der Waals surface area contributed by atoms with Gasteiger partial charge >= 0.3 is 24.9 Å². The molecule has 1 aromatic carbocycles. The first-order valence-electron chi connectivity index (χ1n) is 11.6. The van der Waals surface area contributed by atoms with E-state index in [9.17, 15) is 40.0 Å². The second kappa shape index (κ2) is 11.3. The number of benzene rings is 1. The van der Waals surface area contributed by atoms with Crippen molar-refractivity contribution >= 4 is 33.5 Å². The third-order valence-corrected chi connectivity index (χ3v) is 7.40. The summed E-state index contributed by atoms with van der Waals surface area (Å²) in [6.07, 6.45) is -6.92. The fraction of sp³-hybridized carbons (Fsp3) is 0.500. The summed E-state index contributed by atoms with van der Waals surface area (Å²) in [4.78, 5) is 22.5. The predicted octanol–water partition coefficient (Wildman–Crippen LogP) is 4.21. The Hall–Kier alpha value is -3.83. The molecule has 0 saturated carbocycles. The lowest BCUT2D eigenvalue weighted by molar-refractivity contribution is -0.242. The van der Waals surface area contributed by atoms with Crippen LogP contribution < -0.4 is 19.1 Å². The topological polar surface area (TPSA) is 149 Å². The standard InChI is InChI=1S/C22H25F5N4O8S/c1-4-30-11-16(18(29-30)38-19(23)24)40(35,36)31-10-13(6-8-17(32)33)37-15-7-5-12(9-14(15)31)28-20(34)39-21(2,3)22(25,26)27/h5,7,9,11,13,19H,4,6,8,10H2,1-3H3,(H,28,34)(H,32,33). The predicted molar refractivity (Wildman–Crippen MR) is 127 cm³/mol. The Bertz CT molecular complexity index is 1360. The van der Waals surface area contributed by atoms with Gasteiger partial charge in [-0.15, -0.1) is 5.10 Å². The second-order valence-corrected chi connectivity index (χ2v) is 10.8. The number of fused-ring (bicyclic) bond motifs is 1. The van der Waals surface area contributed by atoms with Crippen LogP contribution >= 0.6 is 0 Å². The second-order valence-electron chi connectivity index (χ2n) is 8.95. The lowest BCUT2D eigenvalue weighted by atomic mass is 10.1. The monoisotopic (exact) mass is 600 g/mol. The fourth-order valence-corrected chi connectivity index (χ4v) is 5.06. The van der Waals surface area contributed by atoms with E-state index in [0.717, 1.165) is 21.3 Å². The van der Waals surface area contributed by atoms with Crippen LogP contribution in [0.3, 0.4) is 0 Å². The van der Waals surface area contributed by atoms with Crippen LogP contribution in [0.4, 0.5) is 38.1 Å². The van der Waals surface area contributed by atoms with Gasteiger partial charge in [-0.05, 0) is 45.4 Å². The number of carbonyl (C=O) groups is 2. The van der Waals surface area contributed by atoms with E-state index < -0.39 is 63.9 Å². The van der Waals surface area contributed by atoms with Crippen LogP contribution in [0.2, 0.25) is 0 Å². The number of carboxylic acids is 1. The van der Waals surface area contributed by atoms with Gasteiger partial charge < -0.3 is 19.3 Å². The Morgan fingerprint density at radius 3 is 2.52 bits per heavy atom. The summed E-state index contributed by atoms with van der Waals surface area (Å²) in [6, 6.07) is 3.44. The van der Waals surface area contributed by atoms with E-state index in [4.69, 9.17) is 9.84 Å². The summed E-state index contributed by atoms with van der Waals surface area (Å²) in [7, 11) is -4.73. The van der Waals surface area contributed by atoms with Crippen molar-refractivity contribution < 1.29 is 59.3 Å². The van der Waals surface area contributed by atoms with Crippen LogP contribution in [-0.4, -0.2) is 66.4 Å². The zero-order chi connectivity index (χ0) is 30.0. The van der Waals surface area contributed by atoms with Crippen molar-refractivity contribution in [1.29, 1.82) is 0 Å². The Kier molecular flexibility index (Phi) is 8.71. The van der Waals surface area contributed by atoms with Crippen LogP contribution in [0.5, 0.6) is 11.6 Å². The van der Waals surface area contributed by atoms with Gasteiger partial charge in [0.1, 0.15) is 11.9 Å². The number of hydrogen-bond donors (Lipinski definition) is 2. The van der Waals surface area contributed by atoms with Crippen molar-refractivity contribution in [3.8, 4) is 11.6 Å². The van der Waals surface area contributed by atoms with Gasteiger partial charge in [0.2, 0.25) is 5.60 Å². The summed E-state index contributed by atoms with van der Waals surface area (Å²) in [6.45, 7) is -0.956. The molecule has 0 bridgehead atoms. The van der Waals surface area contributed by atoms with E-state index in [1.54, 1.807) is 6.92 Å². The largest absolute Gasteiger partial charge is 0.486 e. The maximum Gasteiger partial charge on any atom is 0.427 e. The average molecular weight is 601 g/mol. The molecule has 1 amide bonds. The third kappa shape index (κ3) is 6.83. The number of aryl methyl sites for hydroxylation is 1. The molecular formula is C22H25F5N4O8S. The fourth-order valence-electron chi connectivity index (χ4n) is 3.49. The molecule has 2 aromatic rings. The Morgan fingerprint density at radius 1 is 1.27 bits per heavy atom. The van der Waals surface area contributed by atoms with Crippen molar-refractivity contribution in [2.75, 3.05) is 16.2 Å². The smallest absolute Gasteiger partial charge is 0.427 e. The molecule has 0 saturated heterocycles. The van der Waals surface area contributed by atoms with Crippen molar-refractivity contribution in [2.24, 2.45) is 0 Å². The van der Waals surface area contributed by atoms with Crippen molar-refractivity contribution in [2.45, 2.75) is 69.5 Å². The van der Waals surface area contributed by atoms with Gasteiger partial charge in [-0.25, -0.2) is 13.2 Å². The van der Waals surface area contributed by atoms with Gasteiger partial charge in [0.15, 0.2) is 4.90 Å². The number of hydrogen-bond acceptors (Lipinski definition) is 8. The quantitative estimate of drug-likeness (QED) is 0.383. The number of halogens is 5. The molecule has 40 heavy (non-hydrogen) atoms. The van der Waals surface area contributed by atoms with Gasteiger partial charge in [-0.2, -0.15) is 22.0 Å². The van der Waals surface area contributed by atoms with Gasteiger partial charge in [0, 0.05) is 24.8 Å². The van der Waals surface area contributed by atoms with Gasteiger partial charge in [-0.3, -0.25) is 19.1 Å². The molecule has 0 radical (unpaired) electrons. The zero-order valence-electron chi connectivity index (χ0n) is 21.2. The van der Waals surface area contributed by atoms with E-state index in [-0.39, 0.29) is 36.5 Å². The van der Waals surface area contributed by atoms with Crippen LogP contribution in [0, 0.1) is 0 Å². The zero-order valence-corrected chi connectivity index (χ0v) is 22.1. The number of amides is 1. The number of anilines is 2. The highest BCUT2D eigenvalue weighted by atomic mass is 32.2. The SMILES string of the molecule is CCn1cc(S(=O)(=O)N2CC(CCC(=O)O)Oc3ccc(NC(=O)OC(C)(C)C(F)(F)F)cc32)c(OC(F)F)n1. The Labute approximate surface area is 224 Å². The molecule has 0 fully saturated rings. The first kappa shape index (κ1) is 30.7. The molecule has 12 nitrogen and oxygen atoms in total. The summed E-state index contributed by atoms with van der Waals surface area (Å²) in [5, 5.41) is 14.8. The van der Waals surface area contributed by atoms with E-state index in [1.807, 2.05) is 0 Å². The molecule has 0 spiro atoms. The van der Waals surface area contributed by atoms with Crippen molar-refractivity contribution in [3.63, 3.8) is 0 Å². The lowest BCUT2D eigenvalue weighted by Gasteiger charge is -2.35. The molecule has 3 rings (SSSR count). The Balaban J connectivity index is 2.02. The number of carboxylic acid groups (broad SMARTS) is 1. The summed E-state index contributed by atoms with van der Waals surface area (Å²) in [5.41, 5.74) is -3.27. The van der Waals surface area contributed by atoms with Gasteiger partial charge in [0.25, 0.3) is 15.9 Å². The molecule has 2 heterocycles. The minimum Gasteiger partial charge on any atom is -0.486 e. The number of aliphatic carboxylic acids is 1. The molecule has 1 aliphatic heterocycles. The maximum atomic E-state index is 13.7. The molecule has 222 valence electrons. The molecule has 1 aliphatic rings. The summed E-state index contributed by atoms with van der Waals surface area (Å²) >= 11 is 0. The molecule has 2 N–H and O–H groups in total. The molecule has 18 heteroatoms. The average Bonchev–Trinajstić information content (AvgIpc) is 3.24. The number of nitrogens with one attached hydrogen (secondary N) is 1. The van der Waals surface area contributed by atoms with Gasteiger partial charge in [0.05, 0.1) is 12.2 Å². The highest BCUT2D eigenvalue weighted by Gasteiger charge is 2.51. The number of aromatic nitrogens is 2. The maximum absolute atomic E-state index is 13.7. The number of rotatable bonds is 10. The summed E-state index contributed by atoms with van der Waals surface area (Å²) < 4.78 is 109. The molecule has 0 aliphatic carbocycles. The third-order valence-electron chi connectivity index (χ3n) is 5.64. The van der Waals surface area contributed by atoms with E-state index in [1.165, 1.54) is 12.1 Å². The minimum atomic E-state index is -4.88. The van der Waals surface area contributed by atoms with Crippen LogP contribution in [0.1, 0.15) is 33.6 Å². The summed E-state index contributed by atoms with van der Waals surface area (Å²) in [5.74, 6) is -2.17. The molecule has 1 unspecified atom stereocenters.